The van der Waals surface area contributed by atoms with Crippen LogP contribution in [0.1, 0.15) is 11.6 Å². The first-order valence-electron chi connectivity index (χ1n) is 5.08. The van der Waals surface area contributed by atoms with Gasteiger partial charge in [0.15, 0.2) is 6.61 Å². The van der Waals surface area contributed by atoms with Gasteiger partial charge in [-0.1, -0.05) is 6.07 Å². The number of nitrogens with one attached hydrogen (secondary N) is 1. The highest BCUT2D eigenvalue weighted by atomic mass is 35.5. The molecule has 1 saturated heterocycles. The van der Waals surface area contributed by atoms with Gasteiger partial charge in [-0.25, -0.2) is 18.0 Å². The highest BCUT2D eigenvalue weighted by molar-refractivity contribution is 5.85. The molecule has 0 aliphatic carbocycles. The van der Waals surface area contributed by atoms with Gasteiger partial charge < -0.3 is 14.8 Å². The Morgan fingerprint density at radius 2 is 2.16 bits per heavy atom. The van der Waals surface area contributed by atoms with Gasteiger partial charge >= 0.3 is 12.0 Å². The van der Waals surface area contributed by atoms with Crippen molar-refractivity contribution in [2.24, 2.45) is 0 Å². The molecule has 1 aliphatic heterocycles. The van der Waals surface area contributed by atoms with Crippen molar-refractivity contribution in [3.63, 3.8) is 0 Å². The molecule has 0 aromatic heterocycles. The molecule has 1 atom stereocenters. The van der Waals surface area contributed by atoms with Crippen molar-refractivity contribution in [3.8, 4) is 5.75 Å². The molecule has 0 saturated carbocycles. The molecule has 1 heterocycles. The van der Waals surface area contributed by atoms with Crippen molar-refractivity contribution in [3.05, 3.63) is 29.6 Å². The van der Waals surface area contributed by atoms with E-state index in [4.69, 9.17) is 4.74 Å². The molecular formula is C11H11ClF3NO3. The molecular weight excluding hydrogens is 287 g/mol. The number of halogens is 4. The Morgan fingerprint density at radius 1 is 1.47 bits per heavy atom. The zero-order valence-electron chi connectivity index (χ0n) is 9.78. The number of carbonyl (C=O) groups excluding carboxylic acids is 1. The number of hydrogen-bond donors (Lipinski definition) is 1. The number of carbonyl (C=O) groups is 1. The Bertz CT molecular complexity index is 484. The van der Waals surface area contributed by atoms with Gasteiger partial charge in [-0.05, 0) is 6.07 Å². The maximum atomic E-state index is 13.7. The maximum absolute atomic E-state index is 13.7. The molecule has 2 rings (SSSR count). The SMILES string of the molecule is COc1ccc([C@H]2NC(=O)OCC2(F)F)c(F)c1.Cl. The van der Waals surface area contributed by atoms with Crippen molar-refractivity contribution in [2.75, 3.05) is 13.7 Å². The summed E-state index contributed by atoms with van der Waals surface area (Å²) in [7, 11) is 1.33. The number of alkyl halides is 2. The third kappa shape index (κ3) is 3.04. The molecule has 4 nitrogen and oxygen atoms in total. The van der Waals surface area contributed by atoms with Gasteiger partial charge in [-0.3, -0.25) is 0 Å². The van der Waals surface area contributed by atoms with Crippen LogP contribution in [-0.2, 0) is 4.74 Å². The lowest BCUT2D eigenvalue weighted by atomic mass is 9.99. The number of cyclic esters (lactones) is 1. The number of ether oxygens (including phenoxy) is 2. The van der Waals surface area contributed by atoms with Crippen molar-refractivity contribution >= 4 is 18.5 Å². The second kappa shape index (κ2) is 5.56. The standard InChI is InChI=1S/C11H10F3NO3.ClH/c1-17-6-2-3-7(8(12)4-6)9-11(13,14)5-18-10(16)15-9;/h2-4,9H,5H2,1H3,(H,15,16);1H/t9-;/m1./s1. The Labute approximate surface area is 113 Å². The number of benzene rings is 1. The Kier molecular flexibility index (Phi) is 4.52. The summed E-state index contributed by atoms with van der Waals surface area (Å²) in [4.78, 5) is 11.0. The second-order valence-corrected chi connectivity index (χ2v) is 3.80. The van der Waals surface area contributed by atoms with Crippen LogP contribution in [0.15, 0.2) is 18.2 Å². The van der Waals surface area contributed by atoms with Crippen LogP contribution in [0.3, 0.4) is 0 Å². The highest BCUT2D eigenvalue weighted by Crippen LogP contribution is 2.36. The van der Waals surface area contributed by atoms with Gasteiger partial charge in [0.1, 0.15) is 17.6 Å². The Balaban J connectivity index is 0.00000180. The lowest BCUT2D eigenvalue weighted by Gasteiger charge is -2.32. The summed E-state index contributed by atoms with van der Waals surface area (Å²) in [6, 6.07) is 1.73. The molecule has 1 amide bonds. The predicted molar refractivity (Wildman–Crippen MR) is 62.4 cm³/mol. The molecule has 1 N–H and O–H groups in total. The fourth-order valence-electron chi connectivity index (χ4n) is 1.68. The average Bonchev–Trinajstić information content (AvgIpc) is 2.32. The third-order valence-electron chi connectivity index (χ3n) is 2.60. The van der Waals surface area contributed by atoms with E-state index in [1.165, 1.54) is 13.2 Å². The summed E-state index contributed by atoms with van der Waals surface area (Å²) in [5, 5.41) is 1.91. The molecule has 1 fully saturated rings. The topological polar surface area (TPSA) is 47.6 Å². The van der Waals surface area contributed by atoms with Gasteiger partial charge in [-0.15, -0.1) is 12.4 Å². The van der Waals surface area contributed by atoms with Gasteiger partial charge in [-0.2, -0.15) is 0 Å². The summed E-state index contributed by atoms with van der Waals surface area (Å²) in [6.07, 6.45) is -0.999. The fraction of sp³-hybridized carbons (Fsp3) is 0.364. The Hall–Kier alpha value is -1.63. The smallest absolute Gasteiger partial charge is 0.408 e. The maximum Gasteiger partial charge on any atom is 0.408 e. The second-order valence-electron chi connectivity index (χ2n) is 3.80. The highest BCUT2D eigenvalue weighted by Gasteiger charge is 2.47. The monoisotopic (exact) mass is 297 g/mol. The first-order valence-corrected chi connectivity index (χ1v) is 5.08. The van der Waals surface area contributed by atoms with E-state index in [0.29, 0.717) is 0 Å². The number of amides is 1. The first kappa shape index (κ1) is 15.4. The summed E-state index contributed by atoms with van der Waals surface area (Å²) < 4.78 is 49.7. The first-order chi connectivity index (χ1) is 8.44. The average molecular weight is 298 g/mol. The molecule has 0 radical (unpaired) electrons. The lowest BCUT2D eigenvalue weighted by molar-refractivity contribution is -0.105. The molecule has 0 bridgehead atoms. The third-order valence-corrected chi connectivity index (χ3v) is 2.60. The molecule has 1 aromatic carbocycles. The quantitative estimate of drug-likeness (QED) is 0.913. The van der Waals surface area contributed by atoms with Crippen molar-refractivity contribution in [1.82, 2.24) is 5.32 Å². The molecule has 0 spiro atoms. The summed E-state index contributed by atoms with van der Waals surface area (Å²) in [6.45, 7) is -1.07. The number of rotatable bonds is 2. The number of alkyl carbamates (subject to hydrolysis) is 1. The molecule has 1 aromatic rings. The zero-order chi connectivity index (χ0) is 13.3. The predicted octanol–water partition coefficient (Wildman–Crippen LogP) is 2.67. The normalized spacial score (nSPS) is 20.8. The molecule has 106 valence electrons. The van der Waals surface area contributed by atoms with E-state index in [2.05, 4.69) is 4.74 Å². The van der Waals surface area contributed by atoms with Crippen LogP contribution in [0.25, 0.3) is 0 Å². The van der Waals surface area contributed by atoms with Crippen LogP contribution in [0, 0.1) is 5.82 Å². The van der Waals surface area contributed by atoms with Crippen LogP contribution in [0.5, 0.6) is 5.75 Å². The minimum absolute atomic E-state index is 0. The molecule has 19 heavy (non-hydrogen) atoms. The van der Waals surface area contributed by atoms with E-state index in [1.54, 1.807) is 0 Å². The van der Waals surface area contributed by atoms with Crippen molar-refractivity contribution in [1.29, 1.82) is 0 Å². The van der Waals surface area contributed by atoms with E-state index in [0.717, 1.165) is 12.1 Å². The van der Waals surface area contributed by atoms with E-state index < -0.39 is 30.5 Å². The Morgan fingerprint density at radius 3 is 2.74 bits per heavy atom. The van der Waals surface area contributed by atoms with Gasteiger partial charge in [0.2, 0.25) is 0 Å². The number of hydrogen-bond acceptors (Lipinski definition) is 3. The summed E-state index contributed by atoms with van der Waals surface area (Å²) in [5.74, 6) is -4.04. The molecule has 8 heteroatoms. The van der Waals surface area contributed by atoms with Crippen LogP contribution in [-0.4, -0.2) is 25.7 Å². The van der Waals surface area contributed by atoms with Crippen LogP contribution in [0.4, 0.5) is 18.0 Å². The van der Waals surface area contributed by atoms with Crippen molar-refractivity contribution < 1.29 is 27.4 Å². The number of methoxy groups -OCH3 is 1. The van der Waals surface area contributed by atoms with E-state index in [9.17, 15) is 18.0 Å². The minimum Gasteiger partial charge on any atom is -0.497 e. The van der Waals surface area contributed by atoms with E-state index >= 15 is 0 Å². The van der Waals surface area contributed by atoms with Crippen LogP contribution >= 0.6 is 12.4 Å². The zero-order valence-corrected chi connectivity index (χ0v) is 10.6. The van der Waals surface area contributed by atoms with Crippen LogP contribution in [0.2, 0.25) is 0 Å². The van der Waals surface area contributed by atoms with Gasteiger partial charge in [0, 0.05) is 11.6 Å². The molecule has 0 unspecified atom stereocenters. The van der Waals surface area contributed by atoms with E-state index in [1.807, 2.05) is 5.32 Å². The van der Waals surface area contributed by atoms with Gasteiger partial charge in [0.25, 0.3) is 0 Å². The fourth-order valence-corrected chi connectivity index (χ4v) is 1.68. The van der Waals surface area contributed by atoms with Crippen LogP contribution < -0.4 is 10.1 Å². The largest absolute Gasteiger partial charge is 0.497 e. The lowest BCUT2D eigenvalue weighted by Crippen LogP contribution is -2.49. The minimum atomic E-state index is -3.37. The summed E-state index contributed by atoms with van der Waals surface area (Å²) >= 11 is 0. The van der Waals surface area contributed by atoms with Gasteiger partial charge in [0.05, 0.1) is 7.11 Å². The van der Waals surface area contributed by atoms with Crippen molar-refractivity contribution in [2.45, 2.75) is 12.0 Å². The summed E-state index contributed by atoms with van der Waals surface area (Å²) in [5.41, 5.74) is -0.308. The molecule has 1 aliphatic rings. The van der Waals surface area contributed by atoms with E-state index in [-0.39, 0.29) is 23.7 Å².